The number of carbonyl (C=O) groups excluding carboxylic acids is 2. The van der Waals surface area contributed by atoms with E-state index in [-0.39, 0.29) is 35.8 Å². The number of hydrogen-bond donors (Lipinski definition) is 2. The van der Waals surface area contributed by atoms with Crippen LogP contribution in [0.5, 0.6) is 0 Å². The first-order valence-corrected chi connectivity index (χ1v) is 11.1. The number of ether oxygens (including phenoxy) is 1. The summed E-state index contributed by atoms with van der Waals surface area (Å²) in [6.45, 7) is 5.37. The van der Waals surface area contributed by atoms with E-state index in [1.807, 2.05) is 12.3 Å². The molecule has 0 radical (unpaired) electrons. The van der Waals surface area contributed by atoms with Crippen LogP contribution in [0.25, 0.3) is 0 Å². The largest absolute Gasteiger partial charge is 0.376 e. The minimum Gasteiger partial charge on any atom is -0.376 e. The molecule has 1 heterocycles. The molecule has 0 saturated heterocycles. The summed E-state index contributed by atoms with van der Waals surface area (Å²) in [5.74, 6) is 0.329. The lowest BCUT2D eigenvalue weighted by molar-refractivity contribution is -0.130. The number of nitrogens with one attached hydrogen (secondary N) is 2. The summed E-state index contributed by atoms with van der Waals surface area (Å²) in [7, 11) is 0. The molecule has 27 heavy (non-hydrogen) atoms. The highest BCUT2D eigenvalue weighted by atomic mass is 32.1. The minimum atomic E-state index is -0.0611. The van der Waals surface area contributed by atoms with Gasteiger partial charge in [-0.3, -0.25) is 9.59 Å². The number of carbonyl (C=O) groups is 2. The molecule has 0 aliphatic heterocycles. The highest BCUT2D eigenvalue weighted by molar-refractivity contribution is 7.09. The van der Waals surface area contributed by atoms with Crippen LogP contribution in [0.1, 0.15) is 56.2 Å². The number of nitrogens with zero attached hydrogens (tertiary/aromatic N) is 1. The van der Waals surface area contributed by atoms with Gasteiger partial charge in [-0.25, -0.2) is 4.98 Å². The van der Waals surface area contributed by atoms with Gasteiger partial charge >= 0.3 is 0 Å². The molecule has 2 N–H and O–H groups in total. The van der Waals surface area contributed by atoms with Crippen LogP contribution in [0.3, 0.4) is 0 Å². The van der Waals surface area contributed by atoms with Gasteiger partial charge in [-0.05, 0) is 45.4 Å². The van der Waals surface area contributed by atoms with E-state index in [0.29, 0.717) is 19.6 Å². The van der Waals surface area contributed by atoms with Crippen LogP contribution in [0.4, 0.5) is 0 Å². The third-order valence-electron chi connectivity index (χ3n) is 5.27. The van der Waals surface area contributed by atoms with Crippen LogP contribution in [-0.4, -0.2) is 42.1 Å². The van der Waals surface area contributed by atoms with E-state index in [1.54, 1.807) is 11.3 Å². The zero-order valence-corrected chi connectivity index (χ0v) is 17.1. The molecule has 3 atom stereocenters. The van der Waals surface area contributed by atoms with Gasteiger partial charge in [-0.1, -0.05) is 6.92 Å². The lowest BCUT2D eigenvalue weighted by Crippen LogP contribution is -2.51. The molecule has 2 amide bonds. The van der Waals surface area contributed by atoms with Crippen LogP contribution in [0, 0.1) is 18.8 Å². The van der Waals surface area contributed by atoms with E-state index in [9.17, 15) is 9.59 Å². The lowest BCUT2D eigenvalue weighted by Gasteiger charge is -2.36. The van der Waals surface area contributed by atoms with Crippen LogP contribution < -0.4 is 10.6 Å². The Labute approximate surface area is 165 Å². The molecule has 0 unspecified atom stereocenters. The molecule has 150 valence electrons. The maximum Gasteiger partial charge on any atom is 0.223 e. The normalized spacial score (nSPS) is 25.2. The Bertz CT molecular complexity index is 644. The summed E-state index contributed by atoms with van der Waals surface area (Å²) in [6, 6.07) is -0.0595. The van der Waals surface area contributed by atoms with Gasteiger partial charge in [0, 0.05) is 42.5 Å². The second-order valence-electron chi connectivity index (χ2n) is 7.73. The fourth-order valence-electron chi connectivity index (χ4n) is 3.60. The van der Waals surface area contributed by atoms with Crippen molar-refractivity contribution in [2.24, 2.45) is 11.8 Å². The molecular formula is C20H31N3O3S. The Balaban J connectivity index is 1.49. The van der Waals surface area contributed by atoms with Gasteiger partial charge in [-0.15, -0.1) is 11.3 Å². The molecule has 2 aliphatic carbocycles. The zero-order chi connectivity index (χ0) is 19.2. The minimum absolute atomic E-state index is 0.0231. The molecule has 0 aromatic carbocycles. The summed E-state index contributed by atoms with van der Waals surface area (Å²) >= 11 is 1.63. The second kappa shape index (κ2) is 9.64. The summed E-state index contributed by atoms with van der Waals surface area (Å²) in [6.07, 6.45) is 6.01. The molecule has 7 heteroatoms. The van der Waals surface area contributed by atoms with Gasteiger partial charge in [0.05, 0.1) is 17.2 Å². The van der Waals surface area contributed by atoms with Gasteiger partial charge in [0.25, 0.3) is 0 Å². The molecule has 3 rings (SSSR count). The van der Waals surface area contributed by atoms with Crippen molar-refractivity contribution in [2.45, 2.75) is 70.9 Å². The number of aryl methyl sites for hydroxylation is 1. The number of thiazole rings is 1. The quantitative estimate of drug-likeness (QED) is 0.676. The first-order valence-electron chi connectivity index (χ1n) is 10.2. The Morgan fingerprint density at radius 2 is 2.00 bits per heavy atom. The van der Waals surface area contributed by atoms with Crippen molar-refractivity contribution in [2.75, 3.05) is 13.2 Å². The van der Waals surface area contributed by atoms with E-state index in [0.717, 1.165) is 49.2 Å². The van der Waals surface area contributed by atoms with Crippen LogP contribution in [0.15, 0.2) is 5.38 Å². The Morgan fingerprint density at radius 3 is 2.67 bits per heavy atom. The van der Waals surface area contributed by atoms with Crippen molar-refractivity contribution in [3.8, 4) is 0 Å². The fourth-order valence-corrected chi connectivity index (χ4v) is 4.38. The van der Waals surface area contributed by atoms with E-state index in [1.165, 1.54) is 0 Å². The smallest absolute Gasteiger partial charge is 0.223 e. The summed E-state index contributed by atoms with van der Waals surface area (Å²) in [5.41, 5.74) is 1.03. The lowest BCUT2D eigenvalue weighted by atomic mass is 9.83. The van der Waals surface area contributed by atoms with E-state index < -0.39 is 0 Å². The summed E-state index contributed by atoms with van der Waals surface area (Å²) in [4.78, 5) is 29.3. The van der Waals surface area contributed by atoms with Crippen molar-refractivity contribution in [1.29, 1.82) is 0 Å². The summed E-state index contributed by atoms with van der Waals surface area (Å²) in [5, 5.41) is 9.29. The molecule has 2 fully saturated rings. The first kappa shape index (κ1) is 20.3. The molecule has 1 aromatic rings. The molecule has 6 nitrogen and oxygen atoms in total. The highest BCUT2D eigenvalue weighted by Gasteiger charge is 2.38. The van der Waals surface area contributed by atoms with Gasteiger partial charge in [0.15, 0.2) is 0 Å². The van der Waals surface area contributed by atoms with E-state index in [2.05, 4.69) is 22.5 Å². The van der Waals surface area contributed by atoms with Crippen molar-refractivity contribution >= 4 is 23.2 Å². The Morgan fingerprint density at radius 1 is 1.22 bits per heavy atom. The highest BCUT2D eigenvalue weighted by Crippen LogP contribution is 2.31. The third-order valence-corrected chi connectivity index (χ3v) is 6.30. The zero-order valence-electron chi connectivity index (χ0n) is 16.3. The molecule has 0 spiro atoms. The van der Waals surface area contributed by atoms with Crippen LogP contribution in [-0.2, 0) is 20.7 Å². The van der Waals surface area contributed by atoms with E-state index >= 15 is 0 Å². The average Bonchev–Trinajstić information content (AvgIpc) is 3.43. The van der Waals surface area contributed by atoms with E-state index in [4.69, 9.17) is 4.74 Å². The number of aromatic nitrogens is 1. The molecule has 1 aromatic heterocycles. The maximum atomic E-state index is 12.6. The SMILES string of the molecule is CCCO[C@@H]1CC[C@H](C(=O)NCCc2nc(C)cs2)C[C@H]1NC(=O)C1CC1. The predicted molar refractivity (Wildman–Crippen MR) is 106 cm³/mol. The van der Waals surface area contributed by atoms with Crippen LogP contribution >= 0.6 is 11.3 Å². The van der Waals surface area contributed by atoms with Gasteiger partial charge in [0.2, 0.25) is 11.8 Å². The number of amides is 2. The monoisotopic (exact) mass is 393 g/mol. The van der Waals surface area contributed by atoms with Gasteiger partial charge in [-0.2, -0.15) is 0 Å². The van der Waals surface area contributed by atoms with Crippen molar-refractivity contribution < 1.29 is 14.3 Å². The average molecular weight is 394 g/mol. The maximum absolute atomic E-state index is 12.6. The first-order chi connectivity index (χ1) is 13.1. The third kappa shape index (κ3) is 6.01. The Hall–Kier alpha value is -1.47. The van der Waals surface area contributed by atoms with Gasteiger partial charge < -0.3 is 15.4 Å². The molecular weight excluding hydrogens is 362 g/mol. The topological polar surface area (TPSA) is 80.3 Å². The number of rotatable bonds is 9. The van der Waals surface area contributed by atoms with Crippen molar-refractivity contribution in [3.63, 3.8) is 0 Å². The molecule has 2 saturated carbocycles. The predicted octanol–water partition coefficient (Wildman–Crippen LogP) is 2.60. The second-order valence-corrected chi connectivity index (χ2v) is 8.67. The van der Waals surface area contributed by atoms with Crippen LogP contribution in [0.2, 0.25) is 0 Å². The standard InChI is InChI=1S/C20H31N3O3S/c1-3-10-26-17-7-6-15(11-16(17)23-20(25)14-4-5-14)19(24)21-9-8-18-22-13(2)12-27-18/h12,14-17H,3-11H2,1-2H3,(H,21,24)(H,23,25)/t15-,16+,17+/m0/s1. The molecule has 0 bridgehead atoms. The summed E-state index contributed by atoms with van der Waals surface area (Å²) < 4.78 is 5.96. The van der Waals surface area contributed by atoms with Crippen molar-refractivity contribution in [3.05, 3.63) is 16.1 Å². The fraction of sp³-hybridized carbons (Fsp3) is 0.750. The van der Waals surface area contributed by atoms with Crippen molar-refractivity contribution in [1.82, 2.24) is 15.6 Å². The molecule has 2 aliphatic rings. The Kier molecular flexibility index (Phi) is 7.24. The van der Waals surface area contributed by atoms with Gasteiger partial charge in [0.1, 0.15) is 0 Å². The number of hydrogen-bond acceptors (Lipinski definition) is 5.